The van der Waals surface area contributed by atoms with Crippen LogP contribution in [0.1, 0.15) is 65.7 Å². The van der Waals surface area contributed by atoms with E-state index in [2.05, 4.69) is 20.4 Å². The van der Waals surface area contributed by atoms with E-state index in [1.807, 2.05) is 13.0 Å². The minimum absolute atomic E-state index is 0.233. The quantitative estimate of drug-likeness (QED) is 0.427. The first-order valence-electron chi connectivity index (χ1n) is 8.32. The molecule has 0 spiro atoms. The summed E-state index contributed by atoms with van der Waals surface area (Å²) in [6, 6.07) is 0. The molecule has 0 saturated carbocycles. The highest BCUT2D eigenvalue weighted by Crippen LogP contribution is 2.30. The van der Waals surface area contributed by atoms with E-state index in [0.29, 0.717) is 29.0 Å². The molecule has 2 N–H and O–H groups in total. The lowest BCUT2D eigenvalue weighted by molar-refractivity contribution is 0.277. The van der Waals surface area contributed by atoms with Crippen molar-refractivity contribution >= 4 is 11.6 Å². The van der Waals surface area contributed by atoms with Crippen molar-refractivity contribution in [1.29, 1.82) is 0 Å². The minimum Gasteiger partial charge on any atom is -0.401 e. The summed E-state index contributed by atoms with van der Waals surface area (Å²) in [7, 11) is 0. The normalized spacial score (nSPS) is 17.0. The summed E-state index contributed by atoms with van der Waals surface area (Å²) in [5.74, 6) is 0.981. The second-order valence-corrected chi connectivity index (χ2v) is 6.50. The number of unbranched alkanes of at least 4 members (excludes halogenated alkanes) is 1. The van der Waals surface area contributed by atoms with Gasteiger partial charge in [0.15, 0.2) is 0 Å². The molecule has 0 aliphatic rings. The number of allylic oxidation sites excluding steroid dienone is 3. The van der Waals surface area contributed by atoms with Crippen molar-refractivity contribution in [2.45, 2.75) is 65.7 Å². The Labute approximate surface area is 135 Å². The van der Waals surface area contributed by atoms with Crippen LogP contribution in [0.15, 0.2) is 23.4 Å². The maximum atomic E-state index is 13.3. The molecule has 21 heavy (non-hydrogen) atoms. The molecule has 0 aromatic carbocycles. The van der Waals surface area contributed by atoms with Crippen LogP contribution >= 0.6 is 11.6 Å². The van der Waals surface area contributed by atoms with Crippen molar-refractivity contribution < 1.29 is 4.39 Å². The lowest BCUT2D eigenvalue weighted by Gasteiger charge is -2.25. The fraction of sp³-hybridized carbons (Fsp3) is 0.778. The molecule has 0 aliphatic carbocycles. The zero-order valence-corrected chi connectivity index (χ0v) is 14.8. The van der Waals surface area contributed by atoms with Crippen molar-refractivity contribution in [3.05, 3.63) is 23.4 Å². The van der Waals surface area contributed by atoms with Crippen LogP contribution in [0, 0.1) is 17.8 Å². The van der Waals surface area contributed by atoms with Gasteiger partial charge in [-0.15, -0.1) is 6.58 Å². The number of rotatable bonds is 12. The molecule has 0 aliphatic heterocycles. The Hall–Kier alpha value is -0.500. The maximum Gasteiger partial charge on any atom is 0.0977 e. The third kappa shape index (κ3) is 7.90. The predicted molar refractivity (Wildman–Crippen MR) is 93.0 cm³/mol. The molecule has 3 unspecified atom stereocenters. The zero-order valence-electron chi connectivity index (χ0n) is 14.0. The van der Waals surface area contributed by atoms with Gasteiger partial charge >= 0.3 is 0 Å². The second-order valence-electron chi connectivity index (χ2n) is 6.05. The van der Waals surface area contributed by atoms with Crippen LogP contribution in [-0.2, 0) is 0 Å². The molecule has 1 nitrogen and oxygen atoms in total. The Bertz CT molecular complexity index is 314. The fourth-order valence-corrected chi connectivity index (χ4v) is 2.92. The van der Waals surface area contributed by atoms with E-state index in [1.54, 1.807) is 0 Å². The van der Waals surface area contributed by atoms with Gasteiger partial charge in [0.05, 0.1) is 6.67 Å². The number of nitrogens with two attached hydrogens (primary N) is 1. The van der Waals surface area contributed by atoms with Crippen molar-refractivity contribution in [3.8, 4) is 0 Å². The van der Waals surface area contributed by atoms with Gasteiger partial charge in [-0.1, -0.05) is 57.7 Å². The SMILES string of the molecule is C=CCC(CCC(CF)/C(N)=C(\Cl)CC)C(C)CCCC. The summed E-state index contributed by atoms with van der Waals surface area (Å²) in [6.07, 6.45) is 9.12. The molecule has 0 aromatic rings. The van der Waals surface area contributed by atoms with Crippen LogP contribution in [0.3, 0.4) is 0 Å². The molecule has 124 valence electrons. The number of hydrogen-bond acceptors (Lipinski definition) is 1. The van der Waals surface area contributed by atoms with Crippen LogP contribution in [0.2, 0.25) is 0 Å². The molecule has 0 radical (unpaired) electrons. The van der Waals surface area contributed by atoms with Crippen molar-refractivity contribution in [2.75, 3.05) is 6.67 Å². The van der Waals surface area contributed by atoms with E-state index in [4.69, 9.17) is 17.3 Å². The van der Waals surface area contributed by atoms with Crippen LogP contribution in [0.4, 0.5) is 4.39 Å². The first-order valence-corrected chi connectivity index (χ1v) is 8.70. The lowest BCUT2D eigenvalue weighted by atomic mass is 9.82. The van der Waals surface area contributed by atoms with Gasteiger partial charge in [0, 0.05) is 16.6 Å². The Morgan fingerprint density at radius 1 is 1.29 bits per heavy atom. The van der Waals surface area contributed by atoms with Gasteiger partial charge in [0.2, 0.25) is 0 Å². The van der Waals surface area contributed by atoms with E-state index < -0.39 is 6.67 Å². The fourth-order valence-electron chi connectivity index (χ4n) is 2.77. The molecule has 0 bridgehead atoms. The summed E-state index contributed by atoms with van der Waals surface area (Å²) in [6.45, 7) is 9.89. The Kier molecular flexibility index (Phi) is 11.8. The topological polar surface area (TPSA) is 26.0 Å². The minimum atomic E-state index is -0.424. The molecule has 0 amide bonds. The zero-order chi connectivity index (χ0) is 16.3. The molecule has 0 fully saturated rings. The van der Waals surface area contributed by atoms with Gasteiger partial charge in [-0.25, -0.2) is 0 Å². The van der Waals surface area contributed by atoms with E-state index in [9.17, 15) is 4.39 Å². The highest BCUT2D eigenvalue weighted by atomic mass is 35.5. The largest absolute Gasteiger partial charge is 0.401 e. The molecule has 0 rings (SSSR count). The summed E-state index contributed by atoms with van der Waals surface area (Å²) < 4.78 is 13.3. The summed E-state index contributed by atoms with van der Waals surface area (Å²) >= 11 is 6.07. The Balaban J connectivity index is 4.60. The molecule has 0 saturated heterocycles. The average Bonchev–Trinajstić information content (AvgIpc) is 2.50. The summed E-state index contributed by atoms with van der Waals surface area (Å²) in [5.41, 5.74) is 6.53. The van der Waals surface area contributed by atoms with Crippen molar-refractivity contribution in [2.24, 2.45) is 23.5 Å². The van der Waals surface area contributed by atoms with E-state index >= 15 is 0 Å². The second kappa shape index (κ2) is 12.1. The monoisotopic (exact) mass is 317 g/mol. The van der Waals surface area contributed by atoms with E-state index in [1.165, 1.54) is 19.3 Å². The highest BCUT2D eigenvalue weighted by molar-refractivity contribution is 6.29. The lowest BCUT2D eigenvalue weighted by Crippen LogP contribution is -2.19. The summed E-state index contributed by atoms with van der Waals surface area (Å²) in [4.78, 5) is 0. The average molecular weight is 318 g/mol. The third-order valence-electron chi connectivity index (χ3n) is 4.42. The molecular formula is C18H33ClFN. The Morgan fingerprint density at radius 2 is 1.95 bits per heavy atom. The number of halogens is 2. The third-order valence-corrected chi connectivity index (χ3v) is 4.91. The van der Waals surface area contributed by atoms with E-state index in [-0.39, 0.29) is 5.92 Å². The number of alkyl halides is 1. The Morgan fingerprint density at radius 3 is 2.43 bits per heavy atom. The van der Waals surface area contributed by atoms with Crippen molar-refractivity contribution in [1.82, 2.24) is 0 Å². The van der Waals surface area contributed by atoms with E-state index in [0.717, 1.165) is 19.3 Å². The summed E-state index contributed by atoms with van der Waals surface area (Å²) in [5, 5.41) is 0.608. The smallest absolute Gasteiger partial charge is 0.0977 e. The van der Waals surface area contributed by atoms with Gasteiger partial charge in [0.25, 0.3) is 0 Å². The van der Waals surface area contributed by atoms with Crippen LogP contribution in [0.5, 0.6) is 0 Å². The maximum absolute atomic E-state index is 13.3. The molecule has 0 heterocycles. The van der Waals surface area contributed by atoms with Gasteiger partial charge in [-0.2, -0.15) is 0 Å². The van der Waals surface area contributed by atoms with Crippen LogP contribution in [0.25, 0.3) is 0 Å². The molecule has 0 aromatic heterocycles. The first-order chi connectivity index (χ1) is 10.0. The van der Waals surface area contributed by atoms with Crippen molar-refractivity contribution in [3.63, 3.8) is 0 Å². The van der Waals surface area contributed by atoms with Gasteiger partial charge in [0.1, 0.15) is 0 Å². The predicted octanol–water partition coefficient (Wildman–Crippen LogP) is 6.19. The number of hydrogen-bond donors (Lipinski definition) is 1. The van der Waals surface area contributed by atoms with Crippen LogP contribution in [-0.4, -0.2) is 6.67 Å². The molecular weight excluding hydrogens is 285 g/mol. The standard InChI is InChI=1S/C18H33ClFN/c1-5-8-10-14(4)15(9-6-2)11-12-16(13-20)18(21)17(19)7-3/h6,14-16H,2,5,7-13,21H2,1,3-4H3/b18-17+. The molecule has 3 atom stereocenters. The van der Waals surface area contributed by atoms with Gasteiger partial charge in [-0.05, 0) is 37.5 Å². The van der Waals surface area contributed by atoms with Gasteiger partial charge < -0.3 is 5.73 Å². The first kappa shape index (κ1) is 20.5. The molecule has 3 heteroatoms. The van der Waals surface area contributed by atoms with Gasteiger partial charge in [-0.3, -0.25) is 4.39 Å². The van der Waals surface area contributed by atoms with Crippen LogP contribution < -0.4 is 5.73 Å². The highest BCUT2D eigenvalue weighted by Gasteiger charge is 2.20.